The number of likely N-dealkylation sites (tertiary alicyclic amines) is 1. The average molecular weight is 434 g/mol. The van der Waals surface area contributed by atoms with E-state index in [-0.39, 0.29) is 11.9 Å². The van der Waals surface area contributed by atoms with Crippen LogP contribution in [0.3, 0.4) is 0 Å². The molecule has 4 aliphatic rings. The van der Waals surface area contributed by atoms with Gasteiger partial charge in [0.25, 0.3) is 5.91 Å². The number of para-hydroxylation sites is 1. The number of piperidine rings is 3. The molecule has 1 aromatic carbocycles. The van der Waals surface area contributed by atoms with Gasteiger partial charge in [-0.15, -0.1) is 0 Å². The van der Waals surface area contributed by atoms with E-state index in [1.165, 1.54) is 45.2 Å². The third-order valence-electron chi connectivity index (χ3n) is 8.47. The Bertz CT molecular complexity index is 1040. The molecule has 5 heteroatoms. The quantitative estimate of drug-likeness (QED) is 0.674. The molecule has 3 saturated heterocycles. The Balaban J connectivity index is 1.35. The van der Waals surface area contributed by atoms with Gasteiger partial charge in [0.1, 0.15) is 5.69 Å². The first-order valence-corrected chi connectivity index (χ1v) is 12.6. The second kappa shape index (κ2) is 8.35. The monoisotopic (exact) mass is 433 g/mol. The smallest absolute Gasteiger partial charge is 0.271 e. The number of hydrogen-bond donors (Lipinski definition) is 0. The van der Waals surface area contributed by atoms with Gasteiger partial charge in [0.05, 0.1) is 12.6 Å². The lowest BCUT2D eigenvalue weighted by atomic mass is 9.68. The topological polar surface area (TPSA) is 37.7 Å². The van der Waals surface area contributed by atoms with E-state index in [1.807, 2.05) is 0 Å². The summed E-state index contributed by atoms with van der Waals surface area (Å²) >= 11 is 0. The van der Waals surface area contributed by atoms with Crippen LogP contribution in [0.1, 0.15) is 49.0 Å². The van der Waals surface area contributed by atoms with Gasteiger partial charge < -0.3 is 14.2 Å². The first-order chi connectivity index (χ1) is 15.7. The summed E-state index contributed by atoms with van der Waals surface area (Å²) in [5.41, 5.74) is 3.49. The van der Waals surface area contributed by atoms with Crippen molar-refractivity contribution in [2.24, 2.45) is 11.8 Å². The molecule has 2 aromatic rings. The fourth-order valence-corrected chi connectivity index (χ4v) is 7.16. The molecule has 0 radical (unpaired) electrons. The standard InChI is InChI=1S/C27H35N3O2/c1-32-14-13-29-24-10-3-2-7-19(24)17-25(29)27(31)30-12-6-8-20-15-21-16-22(26(20)30)18-28-11-5-4-9-23(21)28/h2-3,7,10,15,17,21-23,26H,4-6,8-9,11-14,16,18H2,1H3/t21-,22-,23+,26+/m0/s1. The second-order valence-electron chi connectivity index (χ2n) is 10.2. The van der Waals surface area contributed by atoms with Crippen molar-refractivity contribution in [1.82, 2.24) is 14.4 Å². The fraction of sp³-hybridized carbons (Fsp3) is 0.593. The molecule has 4 heterocycles. The maximum atomic E-state index is 14.1. The SMILES string of the molecule is COCCn1c(C(=O)N2CCCC3=C[C@H]4C[C@@H](CN5CCCC[C@H]45)[C@@H]32)cc2ccccc21. The number of carbonyl (C=O) groups excluding carboxylic acids is 1. The summed E-state index contributed by atoms with van der Waals surface area (Å²) in [6, 6.07) is 11.5. The predicted octanol–water partition coefficient (Wildman–Crippen LogP) is 4.32. The lowest BCUT2D eigenvalue weighted by molar-refractivity contribution is 0.00116. The molecule has 0 unspecified atom stereocenters. The minimum atomic E-state index is 0.201. The van der Waals surface area contributed by atoms with Crippen molar-refractivity contribution in [3.63, 3.8) is 0 Å². The molecule has 4 atom stereocenters. The van der Waals surface area contributed by atoms with Crippen LogP contribution in [0.25, 0.3) is 10.9 Å². The minimum Gasteiger partial charge on any atom is -0.383 e. The number of benzene rings is 1. The first-order valence-electron chi connectivity index (χ1n) is 12.6. The Morgan fingerprint density at radius 2 is 2.06 bits per heavy atom. The van der Waals surface area contributed by atoms with E-state index in [0.29, 0.717) is 25.0 Å². The van der Waals surface area contributed by atoms with Crippen molar-refractivity contribution >= 4 is 16.8 Å². The van der Waals surface area contributed by atoms with E-state index in [9.17, 15) is 4.79 Å². The molecule has 2 bridgehead atoms. The van der Waals surface area contributed by atoms with Crippen LogP contribution in [0.15, 0.2) is 42.0 Å². The zero-order valence-electron chi connectivity index (χ0n) is 19.2. The van der Waals surface area contributed by atoms with Crippen molar-refractivity contribution in [2.75, 3.05) is 33.4 Å². The summed E-state index contributed by atoms with van der Waals surface area (Å²) in [7, 11) is 1.73. The molecule has 0 spiro atoms. The van der Waals surface area contributed by atoms with E-state index < -0.39 is 0 Å². The van der Waals surface area contributed by atoms with Gasteiger partial charge in [0.2, 0.25) is 0 Å². The molecule has 1 aliphatic carbocycles. The van der Waals surface area contributed by atoms with Crippen LogP contribution in [0, 0.1) is 11.8 Å². The van der Waals surface area contributed by atoms with Crippen LogP contribution in [0.5, 0.6) is 0 Å². The summed E-state index contributed by atoms with van der Waals surface area (Å²) < 4.78 is 7.55. The highest BCUT2D eigenvalue weighted by molar-refractivity contribution is 5.99. The molecular formula is C27H35N3O2. The van der Waals surface area contributed by atoms with E-state index in [1.54, 1.807) is 12.7 Å². The van der Waals surface area contributed by atoms with Crippen LogP contribution in [-0.2, 0) is 11.3 Å². The maximum Gasteiger partial charge on any atom is 0.271 e. The molecule has 5 nitrogen and oxygen atoms in total. The van der Waals surface area contributed by atoms with E-state index in [4.69, 9.17) is 4.74 Å². The number of fused-ring (bicyclic) bond motifs is 7. The first kappa shape index (κ1) is 20.5. The van der Waals surface area contributed by atoms with Gasteiger partial charge in [-0.05, 0) is 62.6 Å². The van der Waals surface area contributed by atoms with Crippen molar-refractivity contribution in [2.45, 2.75) is 57.2 Å². The molecular weight excluding hydrogens is 398 g/mol. The number of hydrogen-bond acceptors (Lipinski definition) is 3. The van der Waals surface area contributed by atoms with Gasteiger partial charge in [-0.2, -0.15) is 0 Å². The Morgan fingerprint density at radius 1 is 1.16 bits per heavy atom. The zero-order chi connectivity index (χ0) is 21.7. The van der Waals surface area contributed by atoms with Gasteiger partial charge in [-0.1, -0.05) is 36.3 Å². The number of nitrogens with zero attached hydrogens (tertiary/aromatic N) is 3. The average Bonchev–Trinajstić information content (AvgIpc) is 3.20. The highest BCUT2D eigenvalue weighted by Crippen LogP contribution is 2.45. The summed E-state index contributed by atoms with van der Waals surface area (Å²) in [6.45, 7) is 4.59. The number of amides is 1. The van der Waals surface area contributed by atoms with Gasteiger partial charge in [0, 0.05) is 43.7 Å². The maximum absolute atomic E-state index is 14.1. The third-order valence-corrected chi connectivity index (χ3v) is 8.47. The fourth-order valence-electron chi connectivity index (χ4n) is 7.16. The Morgan fingerprint density at radius 3 is 2.97 bits per heavy atom. The minimum absolute atomic E-state index is 0.201. The molecule has 3 fully saturated rings. The molecule has 0 N–H and O–H groups in total. The molecule has 3 aliphatic heterocycles. The van der Waals surface area contributed by atoms with Crippen molar-refractivity contribution in [1.29, 1.82) is 0 Å². The number of aromatic nitrogens is 1. The van der Waals surface area contributed by atoms with Crippen molar-refractivity contribution < 1.29 is 9.53 Å². The normalized spacial score (nSPS) is 30.0. The van der Waals surface area contributed by atoms with E-state index in [2.05, 4.69) is 50.8 Å². The number of rotatable bonds is 4. The lowest BCUT2D eigenvalue weighted by Gasteiger charge is -2.54. The van der Waals surface area contributed by atoms with E-state index >= 15 is 0 Å². The summed E-state index contributed by atoms with van der Waals surface area (Å²) in [6.07, 6.45) is 10.2. The molecule has 0 saturated carbocycles. The summed E-state index contributed by atoms with van der Waals surface area (Å²) in [4.78, 5) is 19.1. The van der Waals surface area contributed by atoms with Gasteiger partial charge in [-0.3, -0.25) is 9.69 Å². The van der Waals surface area contributed by atoms with Gasteiger partial charge in [0.15, 0.2) is 0 Å². The van der Waals surface area contributed by atoms with Crippen LogP contribution < -0.4 is 0 Å². The van der Waals surface area contributed by atoms with Crippen LogP contribution in [-0.4, -0.2) is 65.7 Å². The van der Waals surface area contributed by atoms with Crippen LogP contribution in [0.4, 0.5) is 0 Å². The lowest BCUT2D eigenvalue weighted by Crippen LogP contribution is -2.60. The zero-order valence-corrected chi connectivity index (χ0v) is 19.2. The molecule has 1 amide bonds. The van der Waals surface area contributed by atoms with Gasteiger partial charge >= 0.3 is 0 Å². The number of methoxy groups -OCH3 is 1. The highest BCUT2D eigenvalue weighted by Gasteiger charge is 2.47. The highest BCUT2D eigenvalue weighted by atomic mass is 16.5. The molecule has 170 valence electrons. The van der Waals surface area contributed by atoms with Crippen molar-refractivity contribution in [3.05, 3.63) is 47.7 Å². The third kappa shape index (κ3) is 3.32. The summed E-state index contributed by atoms with van der Waals surface area (Å²) in [5, 5.41) is 1.14. The van der Waals surface area contributed by atoms with E-state index in [0.717, 1.165) is 35.6 Å². The Labute approximate surface area is 191 Å². The summed E-state index contributed by atoms with van der Waals surface area (Å²) in [5.74, 6) is 1.48. The van der Waals surface area contributed by atoms with Crippen LogP contribution in [0.2, 0.25) is 0 Å². The van der Waals surface area contributed by atoms with Gasteiger partial charge in [-0.25, -0.2) is 0 Å². The molecule has 1 aromatic heterocycles. The largest absolute Gasteiger partial charge is 0.383 e. The second-order valence-corrected chi connectivity index (χ2v) is 10.2. The molecule has 32 heavy (non-hydrogen) atoms. The predicted molar refractivity (Wildman–Crippen MR) is 127 cm³/mol. The molecule has 6 rings (SSSR count). The van der Waals surface area contributed by atoms with Crippen molar-refractivity contribution in [3.8, 4) is 0 Å². The number of ether oxygens (including phenoxy) is 1. The van der Waals surface area contributed by atoms with Crippen LogP contribution >= 0.6 is 0 Å². The Hall–Kier alpha value is -2.11. The Kier molecular flexibility index (Phi) is 5.34. The number of carbonyl (C=O) groups is 1.